The Kier molecular flexibility index (Phi) is 5.30. The zero-order valence-electron chi connectivity index (χ0n) is 15.6. The Labute approximate surface area is 168 Å². The Morgan fingerprint density at radius 3 is 2.90 bits per heavy atom. The summed E-state index contributed by atoms with van der Waals surface area (Å²) in [6.45, 7) is 1.97. The van der Waals surface area contributed by atoms with Gasteiger partial charge in [0.25, 0.3) is 5.91 Å². The summed E-state index contributed by atoms with van der Waals surface area (Å²) in [4.78, 5) is 22.8. The van der Waals surface area contributed by atoms with Gasteiger partial charge in [-0.1, -0.05) is 0 Å². The molecule has 29 heavy (non-hydrogen) atoms. The van der Waals surface area contributed by atoms with Crippen molar-refractivity contribution in [3.63, 3.8) is 0 Å². The standard InChI is InChI=1S/C19H19F3N4O2S/c1-28-10-9-26-16(24-13-3-2-7-23-17(13)26)12-6-8-25(11-12)18(27)14-4-5-15(29-14)19(20,21)22/h2-5,7,12H,6,8-11H2,1H3/t12-/m0/s1. The molecule has 3 aromatic heterocycles. The number of carbonyl (C=O) groups excluding carboxylic acids is 1. The van der Waals surface area contributed by atoms with Gasteiger partial charge in [0.2, 0.25) is 0 Å². The summed E-state index contributed by atoms with van der Waals surface area (Å²) >= 11 is 0.486. The quantitative estimate of drug-likeness (QED) is 0.625. The molecule has 1 aliphatic rings. The van der Waals surface area contributed by atoms with Crippen LogP contribution in [0.2, 0.25) is 0 Å². The maximum absolute atomic E-state index is 12.8. The zero-order valence-corrected chi connectivity index (χ0v) is 16.5. The molecule has 4 heterocycles. The number of amides is 1. The topological polar surface area (TPSA) is 60.2 Å². The number of imidazole rings is 1. The van der Waals surface area contributed by atoms with Crippen LogP contribution < -0.4 is 0 Å². The highest BCUT2D eigenvalue weighted by Crippen LogP contribution is 2.36. The van der Waals surface area contributed by atoms with Crippen molar-refractivity contribution in [2.45, 2.75) is 25.1 Å². The number of aromatic nitrogens is 3. The van der Waals surface area contributed by atoms with Gasteiger partial charge in [-0.15, -0.1) is 11.3 Å². The van der Waals surface area contributed by atoms with E-state index >= 15 is 0 Å². The second-order valence-electron chi connectivity index (χ2n) is 6.86. The number of hydrogen-bond acceptors (Lipinski definition) is 5. The highest BCUT2D eigenvalue weighted by molar-refractivity contribution is 7.14. The third-order valence-corrected chi connectivity index (χ3v) is 6.11. The van der Waals surface area contributed by atoms with Crippen LogP contribution in [-0.2, 0) is 17.5 Å². The van der Waals surface area contributed by atoms with Gasteiger partial charge in [-0.2, -0.15) is 13.2 Å². The summed E-state index contributed by atoms with van der Waals surface area (Å²) < 4.78 is 45.7. The Bertz CT molecular complexity index is 1030. The first-order valence-electron chi connectivity index (χ1n) is 9.15. The fourth-order valence-electron chi connectivity index (χ4n) is 3.61. The van der Waals surface area contributed by atoms with Crippen molar-refractivity contribution in [3.8, 4) is 0 Å². The second kappa shape index (κ2) is 7.75. The lowest BCUT2D eigenvalue weighted by molar-refractivity contribution is -0.134. The van der Waals surface area contributed by atoms with Gasteiger partial charge in [0, 0.05) is 38.9 Å². The number of carbonyl (C=O) groups is 1. The number of likely N-dealkylation sites (tertiary alicyclic amines) is 1. The fraction of sp³-hybridized carbons (Fsp3) is 0.421. The molecule has 6 nitrogen and oxygen atoms in total. The van der Waals surface area contributed by atoms with Crippen LogP contribution >= 0.6 is 11.3 Å². The van der Waals surface area contributed by atoms with Crippen molar-refractivity contribution in [1.82, 2.24) is 19.4 Å². The average Bonchev–Trinajstić information content (AvgIpc) is 3.43. The van der Waals surface area contributed by atoms with Crippen molar-refractivity contribution >= 4 is 28.4 Å². The molecule has 154 valence electrons. The molecule has 1 atom stereocenters. The number of methoxy groups -OCH3 is 1. The average molecular weight is 424 g/mol. The number of rotatable bonds is 5. The minimum absolute atomic E-state index is 0.00736. The van der Waals surface area contributed by atoms with Crippen molar-refractivity contribution in [3.05, 3.63) is 46.0 Å². The number of hydrogen-bond donors (Lipinski definition) is 0. The highest BCUT2D eigenvalue weighted by Gasteiger charge is 2.35. The minimum atomic E-state index is -4.43. The van der Waals surface area contributed by atoms with Crippen LogP contribution in [0.15, 0.2) is 30.5 Å². The van der Waals surface area contributed by atoms with E-state index in [0.717, 1.165) is 23.1 Å². The summed E-state index contributed by atoms with van der Waals surface area (Å²) in [5, 5.41) is 0. The van der Waals surface area contributed by atoms with E-state index in [-0.39, 0.29) is 16.7 Å². The van der Waals surface area contributed by atoms with Gasteiger partial charge in [-0.25, -0.2) is 9.97 Å². The number of fused-ring (bicyclic) bond motifs is 1. The van der Waals surface area contributed by atoms with Crippen LogP contribution in [0, 0.1) is 0 Å². The number of halogens is 3. The SMILES string of the molecule is COCCn1c([C@H]2CCN(C(=O)c3ccc(C(F)(F)F)s3)C2)nc2cccnc21. The van der Waals surface area contributed by atoms with Crippen molar-refractivity contribution in [2.75, 3.05) is 26.8 Å². The summed E-state index contributed by atoms with van der Waals surface area (Å²) in [5.41, 5.74) is 1.54. The van der Waals surface area contributed by atoms with Crippen molar-refractivity contribution in [1.29, 1.82) is 0 Å². The molecule has 0 unspecified atom stereocenters. The van der Waals surface area contributed by atoms with E-state index in [1.807, 2.05) is 16.7 Å². The van der Waals surface area contributed by atoms with Crippen molar-refractivity contribution in [2.24, 2.45) is 0 Å². The minimum Gasteiger partial charge on any atom is -0.383 e. The summed E-state index contributed by atoms with van der Waals surface area (Å²) in [7, 11) is 1.62. The Hall–Kier alpha value is -2.46. The molecular weight excluding hydrogens is 405 g/mol. The van der Waals surface area contributed by atoms with Gasteiger partial charge in [0.05, 0.1) is 11.5 Å². The van der Waals surface area contributed by atoms with Crippen molar-refractivity contribution < 1.29 is 22.7 Å². The van der Waals surface area contributed by atoms with Gasteiger partial charge >= 0.3 is 6.18 Å². The van der Waals surface area contributed by atoms with Crippen LogP contribution in [0.3, 0.4) is 0 Å². The van der Waals surface area contributed by atoms with Crippen LogP contribution in [-0.4, -0.2) is 52.1 Å². The van der Waals surface area contributed by atoms with E-state index in [1.165, 1.54) is 6.07 Å². The van der Waals surface area contributed by atoms with Gasteiger partial charge in [0.15, 0.2) is 5.65 Å². The number of ether oxygens (including phenoxy) is 1. The third kappa shape index (κ3) is 3.86. The zero-order chi connectivity index (χ0) is 20.6. The third-order valence-electron chi connectivity index (χ3n) is 4.99. The highest BCUT2D eigenvalue weighted by atomic mass is 32.1. The molecule has 1 saturated heterocycles. The molecule has 3 aromatic rings. The van der Waals surface area contributed by atoms with Gasteiger partial charge in [-0.05, 0) is 30.7 Å². The molecule has 1 fully saturated rings. The lowest BCUT2D eigenvalue weighted by atomic mass is 10.1. The molecule has 0 aromatic carbocycles. The van der Waals surface area contributed by atoms with E-state index in [0.29, 0.717) is 44.0 Å². The Morgan fingerprint density at radius 1 is 1.34 bits per heavy atom. The van der Waals surface area contributed by atoms with E-state index < -0.39 is 11.1 Å². The fourth-order valence-corrected chi connectivity index (χ4v) is 4.45. The number of pyridine rings is 1. The monoisotopic (exact) mass is 424 g/mol. The predicted octanol–water partition coefficient (Wildman–Crippen LogP) is 3.79. The van der Waals surface area contributed by atoms with Gasteiger partial charge < -0.3 is 14.2 Å². The first kappa shape index (κ1) is 19.8. The second-order valence-corrected chi connectivity index (χ2v) is 7.94. The number of thiophene rings is 1. The van der Waals surface area contributed by atoms with E-state index in [4.69, 9.17) is 9.72 Å². The molecule has 0 bridgehead atoms. The van der Waals surface area contributed by atoms with E-state index in [9.17, 15) is 18.0 Å². The van der Waals surface area contributed by atoms with Crippen LogP contribution in [0.5, 0.6) is 0 Å². The maximum Gasteiger partial charge on any atom is 0.425 e. The predicted molar refractivity (Wildman–Crippen MR) is 102 cm³/mol. The molecule has 1 aliphatic heterocycles. The van der Waals surface area contributed by atoms with Gasteiger partial charge in [-0.3, -0.25) is 4.79 Å². The Morgan fingerprint density at radius 2 is 2.17 bits per heavy atom. The molecule has 0 N–H and O–H groups in total. The number of nitrogens with zero attached hydrogens (tertiary/aromatic N) is 4. The summed E-state index contributed by atoms with van der Waals surface area (Å²) in [6, 6.07) is 5.92. The van der Waals surface area contributed by atoms with Crippen LogP contribution in [0.25, 0.3) is 11.2 Å². The summed E-state index contributed by atoms with van der Waals surface area (Å²) in [5.74, 6) is 0.450. The first-order chi connectivity index (χ1) is 13.9. The molecular formula is C19H19F3N4O2S. The lowest BCUT2D eigenvalue weighted by Gasteiger charge is -2.16. The van der Waals surface area contributed by atoms with Gasteiger partial charge in [0.1, 0.15) is 16.2 Å². The first-order valence-corrected chi connectivity index (χ1v) is 9.96. The van der Waals surface area contributed by atoms with Crippen LogP contribution in [0.1, 0.15) is 32.7 Å². The normalized spacial score (nSPS) is 17.4. The lowest BCUT2D eigenvalue weighted by Crippen LogP contribution is -2.28. The Balaban J connectivity index is 1.55. The molecule has 4 rings (SSSR count). The van der Waals surface area contributed by atoms with E-state index in [2.05, 4.69) is 4.98 Å². The molecule has 0 spiro atoms. The van der Waals surface area contributed by atoms with E-state index in [1.54, 1.807) is 18.2 Å². The van der Waals surface area contributed by atoms with Crippen LogP contribution in [0.4, 0.5) is 13.2 Å². The molecule has 1 amide bonds. The number of alkyl halides is 3. The molecule has 0 aliphatic carbocycles. The molecule has 10 heteroatoms. The summed E-state index contributed by atoms with van der Waals surface area (Å²) in [6.07, 6.45) is -2.04. The molecule has 0 saturated carbocycles. The molecule has 0 radical (unpaired) electrons. The smallest absolute Gasteiger partial charge is 0.383 e. The maximum atomic E-state index is 12.8. The largest absolute Gasteiger partial charge is 0.425 e.